The number of nitrogens with one attached hydrogen (secondary N) is 2. The third-order valence-electron chi connectivity index (χ3n) is 5.44. The molecule has 0 radical (unpaired) electrons. The Balaban J connectivity index is 1.51. The predicted octanol–water partition coefficient (Wildman–Crippen LogP) is 3.61. The molecule has 2 aromatic rings. The summed E-state index contributed by atoms with van der Waals surface area (Å²) in [6.45, 7) is 10.3. The largest absolute Gasteiger partial charge is 0.357 e. The van der Waals surface area contributed by atoms with Gasteiger partial charge in [0.1, 0.15) is 0 Å². The van der Waals surface area contributed by atoms with Gasteiger partial charge in [-0.2, -0.15) is 0 Å². The van der Waals surface area contributed by atoms with Gasteiger partial charge in [0.05, 0.1) is 6.54 Å². The molecule has 1 aliphatic rings. The number of likely N-dealkylation sites (tertiary alicyclic amines) is 1. The average molecular weight is 394 g/mol. The first-order chi connectivity index (χ1) is 14.2. The van der Waals surface area contributed by atoms with E-state index < -0.39 is 0 Å². The van der Waals surface area contributed by atoms with Crippen LogP contribution in [-0.4, -0.2) is 42.0 Å². The van der Waals surface area contributed by atoms with E-state index in [-0.39, 0.29) is 0 Å². The molecule has 0 atom stereocenters. The number of rotatable bonds is 8. The highest BCUT2D eigenvalue weighted by Crippen LogP contribution is 2.18. The number of hydrogen-bond donors (Lipinski definition) is 2. The molecule has 1 saturated heterocycles. The summed E-state index contributed by atoms with van der Waals surface area (Å²) in [4.78, 5) is 11.7. The summed E-state index contributed by atoms with van der Waals surface area (Å²) in [6, 6.07) is 14.9. The van der Waals surface area contributed by atoms with Crippen molar-refractivity contribution in [2.75, 3.05) is 26.2 Å². The van der Waals surface area contributed by atoms with Crippen molar-refractivity contribution >= 4 is 5.96 Å². The van der Waals surface area contributed by atoms with Gasteiger partial charge < -0.3 is 10.6 Å². The molecule has 1 aromatic heterocycles. The topological polar surface area (TPSA) is 52.6 Å². The fraction of sp³-hybridized carbons (Fsp3) is 0.500. The van der Waals surface area contributed by atoms with Crippen LogP contribution in [0.4, 0.5) is 0 Å². The van der Waals surface area contributed by atoms with Gasteiger partial charge in [-0.05, 0) is 62.0 Å². The van der Waals surface area contributed by atoms with Crippen LogP contribution in [0.5, 0.6) is 0 Å². The number of nitrogens with zero attached hydrogens (tertiary/aromatic N) is 3. The smallest absolute Gasteiger partial charge is 0.191 e. The summed E-state index contributed by atoms with van der Waals surface area (Å²) in [6.07, 6.45) is 5.36. The number of guanidine groups is 1. The normalized spacial score (nSPS) is 16.0. The molecule has 0 unspecified atom stereocenters. The molecule has 1 aliphatic heterocycles. The van der Waals surface area contributed by atoms with Crippen molar-refractivity contribution in [3.05, 3.63) is 65.5 Å². The molecule has 5 heteroatoms. The first kappa shape index (κ1) is 21.3. The number of aliphatic imine (C=N–C) groups is 1. The van der Waals surface area contributed by atoms with Crippen molar-refractivity contribution < 1.29 is 0 Å². The highest BCUT2D eigenvalue weighted by atomic mass is 15.2. The van der Waals surface area contributed by atoms with E-state index in [2.05, 4.69) is 64.7 Å². The molecule has 0 spiro atoms. The summed E-state index contributed by atoms with van der Waals surface area (Å²) in [7, 11) is 0. The van der Waals surface area contributed by atoms with Crippen LogP contribution >= 0.6 is 0 Å². The van der Waals surface area contributed by atoms with E-state index in [1.165, 1.54) is 37.1 Å². The molecule has 2 N–H and O–H groups in total. The van der Waals surface area contributed by atoms with E-state index in [0.29, 0.717) is 6.54 Å². The zero-order chi connectivity index (χ0) is 20.3. The Kier molecular flexibility index (Phi) is 8.50. The van der Waals surface area contributed by atoms with Crippen molar-refractivity contribution in [3.63, 3.8) is 0 Å². The van der Waals surface area contributed by atoms with Crippen LogP contribution in [0.25, 0.3) is 0 Å². The van der Waals surface area contributed by atoms with E-state index in [0.717, 1.165) is 43.6 Å². The maximum Gasteiger partial charge on any atom is 0.191 e. The number of piperidine rings is 1. The minimum atomic E-state index is 0.684. The first-order valence-corrected chi connectivity index (χ1v) is 10.9. The highest BCUT2D eigenvalue weighted by molar-refractivity contribution is 5.79. The Morgan fingerprint density at radius 3 is 2.69 bits per heavy atom. The lowest BCUT2D eigenvalue weighted by Gasteiger charge is -2.30. The zero-order valence-electron chi connectivity index (χ0n) is 17.9. The molecule has 0 aliphatic carbocycles. The van der Waals surface area contributed by atoms with Crippen LogP contribution in [-0.2, 0) is 19.5 Å². The molecule has 1 aromatic carbocycles. The number of aromatic nitrogens is 1. The Morgan fingerprint density at radius 2 is 1.93 bits per heavy atom. The molecule has 1 fully saturated rings. The summed E-state index contributed by atoms with van der Waals surface area (Å²) < 4.78 is 0. The minimum absolute atomic E-state index is 0.684. The van der Waals surface area contributed by atoms with Gasteiger partial charge >= 0.3 is 0 Å². The van der Waals surface area contributed by atoms with Gasteiger partial charge in [0.15, 0.2) is 5.96 Å². The summed E-state index contributed by atoms with van der Waals surface area (Å²) in [5.41, 5.74) is 3.74. The standard InChI is InChI=1S/C24H35N5/c1-3-25-24(27-14-10-23-9-4-5-13-26-23)28-18-21-7-6-8-22(17-21)19-29-15-11-20(2)12-16-29/h4-9,13,17,20H,3,10-12,14-16,18-19H2,1-2H3,(H2,25,27,28). The van der Waals surface area contributed by atoms with E-state index in [1.807, 2.05) is 18.3 Å². The maximum atomic E-state index is 4.77. The van der Waals surface area contributed by atoms with Crippen molar-refractivity contribution in [2.45, 2.75) is 46.2 Å². The second-order valence-electron chi connectivity index (χ2n) is 7.97. The van der Waals surface area contributed by atoms with Gasteiger partial charge in [-0.15, -0.1) is 0 Å². The lowest BCUT2D eigenvalue weighted by molar-refractivity contribution is 0.185. The van der Waals surface area contributed by atoms with E-state index in [9.17, 15) is 0 Å². The highest BCUT2D eigenvalue weighted by Gasteiger charge is 2.15. The molecule has 156 valence electrons. The first-order valence-electron chi connectivity index (χ1n) is 10.9. The van der Waals surface area contributed by atoms with E-state index in [4.69, 9.17) is 4.99 Å². The number of benzene rings is 1. The Labute approximate surface area is 175 Å². The van der Waals surface area contributed by atoms with Gasteiger partial charge in [-0.25, -0.2) is 4.99 Å². The SMILES string of the molecule is CCNC(=NCc1cccc(CN2CCC(C)CC2)c1)NCCc1ccccn1. The molecule has 0 bridgehead atoms. The van der Waals surface area contributed by atoms with Crippen LogP contribution in [0.3, 0.4) is 0 Å². The molecule has 0 amide bonds. The van der Waals surface area contributed by atoms with E-state index in [1.54, 1.807) is 0 Å². The Hall–Kier alpha value is -2.40. The lowest BCUT2D eigenvalue weighted by Crippen LogP contribution is -2.38. The minimum Gasteiger partial charge on any atom is -0.357 e. The lowest BCUT2D eigenvalue weighted by atomic mass is 9.98. The molecule has 29 heavy (non-hydrogen) atoms. The predicted molar refractivity (Wildman–Crippen MR) is 121 cm³/mol. The molecule has 0 saturated carbocycles. The maximum absolute atomic E-state index is 4.77. The van der Waals surface area contributed by atoms with E-state index >= 15 is 0 Å². The third-order valence-corrected chi connectivity index (χ3v) is 5.44. The zero-order valence-corrected chi connectivity index (χ0v) is 17.9. The van der Waals surface area contributed by atoms with Gasteiger partial charge in [0.25, 0.3) is 0 Å². The second-order valence-corrected chi connectivity index (χ2v) is 7.97. The van der Waals surface area contributed by atoms with Crippen LogP contribution in [0.2, 0.25) is 0 Å². The fourth-order valence-corrected chi connectivity index (χ4v) is 3.67. The molecule has 3 rings (SSSR count). The van der Waals surface area contributed by atoms with Crippen LogP contribution < -0.4 is 10.6 Å². The van der Waals surface area contributed by atoms with Crippen molar-refractivity contribution in [1.82, 2.24) is 20.5 Å². The molecular formula is C24H35N5. The van der Waals surface area contributed by atoms with Gasteiger partial charge in [0.2, 0.25) is 0 Å². The summed E-state index contributed by atoms with van der Waals surface area (Å²) in [5, 5.41) is 6.75. The quantitative estimate of drug-likeness (QED) is 0.531. The number of hydrogen-bond acceptors (Lipinski definition) is 3. The van der Waals surface area contributed by atoms with Crippen LogP contribution in [0, 0.1) is 5.92 Å². The van der Waals surface area contributed by atoms with Crippen molar-refractivity contribution in [1.29, 1.82) is 0 Å². The number of pyridine rings is 1. The van der Waals surface area contributed by atoms with Crippen molar-refractivity contribution in [3.8, 4) is 0 Å². The Bertz CT molecular complexity index is 751. The van der Waals surface area contributed by atoms with Crippen LogP contribution in [0.1, 0.15) is 43.5 Å². The second kappa shape index (κ2) is 11.6. The summed E-state index contributed by atoms with van der Waals surface area (Å²) in [5.74, 6) is 1.74. The van der Waals surface area contributed by atoms with Gasteiger partial charge in [-0.1, -0.05) is 37.3 Å². The third kappa shape index (κ3) is 7.50. The van der Waals surface area contributed by atoms with Crippen molar-refractivity contribution in [2.24, 2.45) is 10.9 Å². The van der Waals surface area contributed by atoms with Crippen LogP contribution in [0.15, 0.2) is 53.7 Å². The fourth-order valence-electron chi connectivity index (χ4n) is 3.67. The molecular weight excluding hydrogens is 358 g/mol. The summed E-state index contributed by atoms with van der Waals surface area (Å²) >= 11 is 0. The molecule has 5 nitrogen and oxygen atoms in total. The molecule has 2 heterocycles. The van der Waals surface area contributed by atoms with Gasteiger partial charge in [0, 0.05) is 37.9 Å². The average Bonchev–Trinajstić information content (AvgIpc) is 2.75. The Morgan fingerprint density at radius 1 is 1.10 bits per heavy atom. The van der Waals surface area contributed by atoms with Gasteiger partial charge in [-0.3, -0.25) is 9.88 Å². The monoisotopic (exact) mass is 393 g/mol.